The maximum atomic E-state index is 11.6. The third-order valence-electron chi connectivity index (χ3n) is 2.05. The molecule has 0 heterocycles. The van der Waals surface area contributed by atoms with Crippen molar-refractivity contribution in [2.24, 2.45) is 0 Å². The SMILES string of the molecule is CC(=O)OC1C(=O)C(=CO)C(=O)C(=O)C1=CO. The van der Waals surface area contributed by atoms with Crippen molar-refractivity contribution in [1.82, 2.24) is 0 Å². The van der Waals surface area contributed by atoms with Gasteiger partial charge in [0.1, 0.15) is 5.57 Å². The van der Waals surface area contributed by atoms with Gasteiger partial charge in [-0.25, -0.2) is 0 Å². The molecule has 2 N–H and O–H groups in total. The van der Waals surface area contributed by atoms with Crippen molar-refractivity contribution in [3.05, 3.63) is 23.7 Å². The predicted octanol–water partition coefficient (Wildman–Crippen LogP) is -0.477. The first kappa shape index (κ1) is 12.6. The Kier molecular flexibility index (Phi) is 3.42. The van der Waals surface area contributed by atoms with Gasteiger partial charge in [-0.3, -0.25) is 19.2 Å². The number of rotatable bonds is 1. The lowest BCUT2D eigenvalue weighted by Gasteiger charge is -2.21. The van der Waals surface area contributed by atoms with E-state index in [4.69, 9.17) is 10.2 Å². The van der Waals surface area contributed by atoms with Crippen molar-refractivity contribution >= 4 is 23.3 Å². The minimum absolute atomic E-state index is 0.174. The van der Waals surface area contributed by atoms with E-state index in [1.165, 1.54) is 0 Å². The zero-order valence-electron chi connectivity index (χ0n) is 8.67. The van der Waals surface area contributed by atoms with Gasteiger partial charge in [-0.05, 0) is 0 Å². The standard InChI is InChI=1S/C10H8O7/c1-4(13)17-10-6(3-12)8(15)7(14)5(2-11)9(10)16/h2-3,10-12H,1H3. The highest BCUT2D eigenvalue weighted by Crippen LogP contribution is 2.22. The van der Waals surface area contributed by atoms with Crippen LogP contribution in [0.25, 0.3) is 0 Å². The number of hydrogen-bond acceptors (Lipinski definition) is 7. The number of carbonyl (C=O) groups is 4. The van der Waals surface area contributed by atoms with E-state index in [2.05, 4.69) is 4.74 Å². The molecule has 7 nitrogen and oxygen atoms in total. The van der Waals surface area contributed by atoms with Crippen LogP contribution in [0.3, 0.4) is 0 Å². The molecule has 0 radical (unpaired) electrons. The maximum Gasteiger partial charge on any atom is 0.303 e. The van der Waals surface area contributed by atoms with Crippen LogP contribution in [0.2, 0.25) is 0 Å². The summed E-state index contributed by atoms with van der Waals surface area (Å²) in [5, 5.41) is 17.5. The zero-order chi connectivity index (χ0) is 13.2. The number of aliphatic hydroxyl groups is 2. The molecule has 0 bridgehead atoms. The minimum Gasteiger partial charge on any atom is -0.515 e. The van der Waals surface area contributed by atoms with Crippen LogP contribution in [0.1, 0.15) is 6.92 Å². The molecule has 0 amide bonds. The topological polar surface area (TPSA) is 118 Å². The molecule has 1 aliphatic carbocycles. The van der Waals surface area contributed by atoms with E-state index >= 15 is 0 Å². The molecular formula is C10H8O7. The lowest BCUT2D eigenvalue weighted by Crippen LogP contribution is -2.43. The molecule has 1 aliphatic rings. The Bertz CT molecular complexity index is 469. The van der Waals surface area contributed by atoms with Gasteiger partial charge in [0.2, 0.25) is 17.3 Å². The molecule has 0 aromatic carbocycles. The van der Waals surface area contributed by atoms with Crippen molar-refractivity contribution < 1.29 is 34.1 Å². The summed E-state index contributed by atoms with van der Waals surface area (Å²) in [4.78, 5) is 45.0. The predicted molar refractivity (Wildman–Crippen MR) is 52.0 cm³/mol. The van der Waals surface area contributed by atoms with Crippen LogP contribution in [-0.2, 0) is 23.9 Å². The van der Waals surface area contributed by atoms with Crippen LogP contribution in [0.4, 0.5) is 0 Å². The molecule has 0 spiro atoms. The molecule has 1 atom stereocenters. The summed E-state index contributed by atoms with van der Waals surface area (Å²) in [5.74, 6) is -4.41. The third kappa shape index (κ3) is 2.07. The number of aliphatic hydroxyl groups excluding tert-OH is 2. The summed E-state index contributed by atoms with van der Waals surface area (Å²) in [6.45, 7) is 0.992. The van der Waals surface area contributed by atoms with Gasteiger partial charge >= 0.3 is 5.97 Å². The highest BCUT2D eigenvalue weighted by molar-refractivity contribution is 6.58. The van der Waals surface area contributed by atoms with Crippen molar-refractivity contribution in [3.8, 4) is 0 Å². The van der Waals surface area contributed by atoms with Gasteiger partial charge in [0.25, 0.3) is 0 Å². The first-order valence-corrected chi connectivity index (χ1v) is 4.43. The van der Waals surface area contributed by atoms with Crippen molar-refractivity contribution in [3.63, 3.8) is 0 Å². The van der Waals surface area contributed by atoms with Crippen LogP contribution in [0, 0.1) is 0 Å². The van der Waals surface area contributed by atoms with E-state index in [1.54, 1.807) is 0 Å². The van der Waals surface area contributed by atoms with Gasteiger partial charge in [-0.1, -0.05) is 0 Å². The highest BCUT2D eigenvalue weighted by atomic mass is 16.5. The monoisotopic (exact) mass is 240 g/mol. The molecule has 0 aromatic rings. The molecule has 17 heavy (non-hydrogen) atoms. The Balaban J connectivity index is 3.26. The number of Topliss-reactive ketones (excluding diaryl/α,β-unsaturated/α-hetero) is 3. The second kappa shape index (κ2) is 4.60. The van der Waals surface area contributed by atoms with E-state index in [1.807, 2.05) is 0 Å². The van der Waals surface area contributed by atoms with E-state index in [-0.39, 0.29) is 12.5 Å². The molecule has 1 unspecified atom stereocenters. The Morgan fingerprint density at radius 3 is 2.18 bits per heavy atom. The van der Waals surface area contributed by atoms with Crippen LogP contribution in [0.15, 0.2) is 23.7 Å². The average molecular weight is 240 g/mol. The largest absolute Gasteiger partial charge is 0.515 e. The van der Waals surface area contributed by atoms with Gasteiger partial charge in [-0.2, -0.15) is 0 Å². The maximum absolute atomic E-state index is 11.6. The molecule has 1 rings (SSSR count). The fourth-order valence-electron chi connectivity index (χ4n) is 1.30. The first-order chi connectivity index (χ1) is 7.93. The fourth-order valence-corrected chi connectivity index (χ4v) is 1.30. The number of esters is 1. The summed E-state index contributed by atoms with van der Waals surface area (Å²) in [7, 11) is 0. The quantitative estimate of drug-likeness (QED) is 0.209. The van der Waals surface area contributed by atoms with E-state index in [0.29, 0.717) is 0 Å². The van der Waals surface area contributed by atoms with Gasteiger partial charge in [0, 0.05) is 6.92 Å². The number of ketones is 3. The molecule has 7 heteroatoms. The van der Waals surface area contributed by atoms with Crippen molar-refractivity contribution in [2.75, 3.05) is 0 Å². The smallest absolute Gasteiger partial charge is 0.303 e. The Hall–Kier alpha value is -2.44. The molecule has 1 fully saturated rings. The molecule has 90 valence electrons. The minimum atomic E-state index is -1.71. The number of carbonyl (C=O) groups excluding carboxylic acids is 4. The fraction of sp³-hybridized carbons (Fsp3) is 0.200. The van der Waals surface area contributed by atoms with Gasteiger partial charge in [0.15, 0.2) is 6.10 Å². The lowest BCUT2D eigenvalue weighted by atomic mass is 9.86. The van der Waals surface area contributed by atoms with Crippen LogP contribution in [0.5, 0.6) is 0 Å². The first-order valence-electron chi connectivity index (χ1n) is 4.43. The molecule has 1 saturated carbocycles. The summed E-state index contributed by atoms with van der Waals surface area (Å²) < 4.78 is 4.52. The van der Waals surface area contributed by atoms with Gasteiger partial charge < -0.3 is 14.9 Å². The summed E-state index contributed by atoms with van der Waals surface area (Å²) >= 11 is 0. The third-order valence-corrected chi connectivity index (χ3v) is 2.05. The molecule has 0 saturated heterocycles. The number of hydrogen-bond donors (Lipinski definition) is 2. The summed E-state index contributed by atoms with van der Waals surface area (Å²) in [6, 6.07) is 0. The summed E-state index contributed by atoms with van der Waals surface area (Å²) in [6.07, 6.45) is -1.30. The summed E-state index contributed by atoms with van der Waals surface area (Å²) in [5.41, 5.74) is -1.42. The van der Waals surface area contributed by atoms with Crippen molar-refractivity contribution in [1.29, 1.82) is 0 Å². The molecular weight excluding hydrogens is 232 g/mol. The second-order valence-corrected chi connectivity index (χ2v) is 3.14. The molecule has 0 aromatic heterocycles. The van der Waals surface area contributed by atoms with E-state index in [9.17, 15) is 19.2 Å². The Labute approximate surface area is 95.0 Å². The van der Waals surface area contributed by atoms with Gasteiger partial charge in [-0.15, -0.1) is 0 Å². The second-order valence-electron chi connectivity index (χ2n) is 3.14. The Morgan fingerprint density at radius 1 is 1.18 bits per heavy atom. The highest BCUT2D eigenvalue weighted by Gasteiger charge is 2.44. The van der Waals surface area contributed by atoms with Crippen LogP contribution in [-0.4, -0.2) is 39.6 Å². The van der Waals surface area contributed by atoms with E-state index in [0.717, 1.165) is 6.92 Å². The Morgan fingerprint density at radius 2 is 1.76 bits per heavy atom. The van der Waals surface area contributed by atoms with Crippen molar-refractivity contribution in [2.45, 2.75) is 13.0 Å². The molecule has 0 aliphatic heterocycles. The lowest BCUT2D eigenvalue weighted by molar-refractivity contribution is -0.152. The normalized spacial score (nSPS) is 25.5. The van der Waals surface area contributed by atoms with E-state index < -0.39 is 40.6 Å². The van der Waals surface area contributed by atoms with Gasteiger partial charge in [0.05, 0.1) is 18.1 Å². The zero-order valence-corrected chi connectivity index (χ0v) is 8.67. The average Bonchev–Trinajstić information content (AvgIpc) is 2.27. The van der Waals surface area contributed by atoms with Crippen LogP contribution < -0.4 is 0 Å². The number of ether oxygens (including phenoxy) is 1. The van der Waals surface area contributed by atoms with Crippen LogP contribution >= 0.6 is 0 Å².